The van der Waals surface area contributed by atoms with Crippen LogP contribution < -0.4 is 4.74 Å². The van der Waals surface area contributed by atoms with Gasteiger partial charge in [-0.1, -0.05) is 78.9 Å². The normalized spacial score (nSPS) is 12.4. The Morgan fingerprint density at radius 1 is 0.591 bits per heavy atom. The van der Waals surface area contributed by atoms with Crippen molar-refractivity contribution in [1.82, 2.24) is 0 Å². The molecule has 0 amide bonds. The zero-order valence-corrected chi connectivity index (χ0v) is 12.6. The van der Waals surface area contributed by atoms with E-state index in [9.17, 15) is 0 Å². The minimum absolute atomic E-state index is 0.886. The number of para-hydroxylation sites is 1. The molecule has 0 fully saturated rings. The van der Waals surface area contributed by atoms with Crippen LogP contribution in [0.1, 0.15) is 12.0 Å². The molecule has 0 bridgehead atoms. The maximum Gasteiger partial charge on any atom is 0.122 e. The van der Waals surface area contributed by atoms with Crippen LogP contribution in [0.2, 0.25) is 0 Å². The lowest BCUT2D eigenvalue weighted by molar-refractivity contribution is 0.288. The summed E-state index contributed by atoms with van der Waals surface area (Å²) in [5.74, 6) is 1.08. The van der Waals surface area contributed by atoms with Crippen LogP contribution in [0.15, 0.2) is 84.9 Å². The van der Waals surface area contributed by atoms with Crippen LogP contribution in [-0.2, 0) is 6.42 Å². The standard InChI is InChI=1S/C12H10.C9H10O/c1-3-7-11(8-4-1)12-9-5-2-6-10-12;1-2-6-9-8(4-1)5-3-7-10-9/h1-10H;1-2,4,6H,3,5,7H2. The van der Waals surface area contributed by atoms with Crippen molar-refractivity contribution in [2.75, 3.05) is 6.61 Å². The first-order valence-electron chi connectivity index (χ1n) is 7.75. The summed E-state index contributed by atoms with van der Waals surface area (Å²) in [4.78, 5) is 0. The van der Waals surface area contributed by atoms with E-state index in [1.54, 1.807) is 0 Å². The van der Waals surface area contributed by atoms with Gasteiger partial charge in [-0.3, -0.25) is 0 Å². The van der Waals surface area contributed by atoms with Gasteiger partial charge in [-0.05, 0) is 35.6 Å². The van der Waals surface area contributed by atoms with Crippen LogP contribution in [0.3, 0.4) is 0 Å². The highest BCUT2D eigenvalue weighted by molar-refractivity contribution is 5.62. The van der Waals surface area contributed by atoms with Gasteiger partial charge in [-0.15, -0.1) is 0 Å². The van der Waals surface area contributed by atoms with Crippen LogP contribution in [0.5, 0.6) is 5.75 Å². The number of aryl methyl sites for hydroxylation is 1. The molecular weight excluding hydrogens is 268 g/mol. The predicted molar refractivity (Wildman–Crippen MR) is 92.1 cm³/mol. The molecular formula is C21H20O. The predicted octanol–water partition coefficient (Wildman–Crippen LogP) is 5.37. The van der Waals surface area contributed by atoms with Crippen molar-refractivity contribution in [3.8, 4) is 16.9 Å². The lowest BCUT2D eigenvalue weighted by Gasteiger charge is -2.15. The Kier molecular flexibility index (Phi) is 4.88. The van der Waals surface area contributed by atoms with Gasteiger partial charge in [0.1, 0.15) is 5.75 Å². The first kappa shape index (κ1) is 14.4. The summed E-state index contributed by atoms with van der Waals surface area (Å²) in [6.07, 6.45) is 2.34. The molecule has 1 heterocycles. The summed E-state index contributed by atoms with van der Waals surface area (Å²) in [6.45, 7) is 0.886. The van der Waals surface area contributed by atoms with Crippen LogP contribution in [0.25, 0.3) is 11.1 Å². The molecule has 0 unspecified atom stereocenters. The fourth-order valence-electron chi connectivity index (χ4n) is 2.56. The molecule has 1 aliphatic heterocycles. The topological polar surface area (TPSA) is 9.23 Å². The van der Waals surface area contributed by atoms with E-state index in [-0.39, 0.29) is 0 Å². The summed E-state index contributed by atoms with van der Waals surface area (Å²) in [7, 11) is 0. The van der Waals surface area contributed by atoms with Crippen LogP contribution >= 0.6 is 0 Å². The Bertz CT molecular complexity index is 627. The van der Waals surface area contributed by atoms with Gasteiger partial charge < -0.3 is 4.74 Å². The summed E-state index contributed by atoms with van der Waals surface area (Å²) < 4.78 is 5.42. The fourth-order valence-corrected chi connectivity index (χ4v) is 2.56. The monoisotopic (exact) mass is 288 g/mol. The summed E-state index contributed by atoms with van der Waals surface area (Å²) in [5, 5.41) is 0. The molecule has 0 radical (unpaired) electrons. The summed E-state index contributed by atoms with van der Waals surface area (Å²) >= 11 is 0. The molecule has 0 atom stereocenters. The third-order valence-electron chi connectivity index (χ3n) is 3.70. The van der Waals surface area contributed by atoms with E-state index in [4.69, 9.17) is 4.74 Å². The zero-order valence-electron chi connectivity index (χ0n) is 12.6. The van der Waals surface area contributed by atoms with Gasteiger partial charge in [-0.2, -0.15) is 0 Å². The second-order valence-corrected chi connectivity index (χ2v) is 5.29. The van der Waals surface area contributed by atoms with Crippen molar-refractivity contribution >= 4 is 0 Å². The Labute approximate surface area is 132 Å². The van der Waals surface area contributed by atoms with E-state index in [2.05, 4.69) is 60.7 Å². The van der Waals surface area contributed by atoms with E-state index in [0.29, 0.717) is 0 Å². The minimum Gasteiger partial charge on any atom is -0.493 e. The lowest BCUT2D eigenvalue weighted by atomic mass is 10.1. The maximum absolute atomic E-state index is 5.42. The Balaban J connectivity index is 0.000000133. The molecule has 3 aromatic carbocycles. The third-order valence-corrected chi connectivity index (χ3v) is 3.70. The average Bonchev–Trinajstić information content (AvgIpc) is 2.64. The Morgan fingerprint density at radius 2 is 1.14 bits per heavy atom. The van der Waals surface area contributed by atoms with Crippen molar-refractivity contribution in [2.45, 2.75) is 12.8 Å². The molecule has 22 heavy (non-hydrogen) atoms. The second-order valence-electron chi connectivity index (χ2n) is 5.29. The highest BCUT2D eigenvalue weighted by Gasteiger charge is 2.06. The highest BCUT2D eigenvalue weighted by Crippen LogP contribution is 2.23. The minimum atomic E-state index is 0.886. The average molecular weight is 288 g/mol. The van der Waals surface area contributed by atoms with Crippen molar-refractivity contribution in [3.05, 3.63) is 90.5 Å². The molecule has 0 saturated heterocycles. The molecule has 110 valence electrons. The molecule has 4 rings (SSSR count). The second kappa shape index (κ2) is 7.46. The molecule has 0 aromatic heterocycles. The first-order chi connectivity index (χ1) is 10.9. The fraction of sp³-hybridized carbons (Fsp3) is 0.143. The smallest absolute Gasteiger partial charge is 0.122 e. The number of benzene rings is 3. The van der Waals surface area contributed by atoms with Gasteiger partial charge in [0.2, 0.25) is 0 Å². The van der Waals surface area contributed by atoms with Crippen molar-refractivity contribution in [1.29, 1.82) is 0 Å². The van der Waals surface area contributed by atoms with Gasteiger partial charge in [0.05, 0.1) is 6.61 Å². The maximum atomic E-state index is 5.42. The van der Waals surface area contributed by atoms with E-state index in [1.165, 1.54) is 23.1 Å². The molecule has 0 spiro atoms. The molecule has 3 aromatic rings. The molecule has 0 N–H and O–H groups in total. The van der Waals surface area contributed by atoms with Crippen molar-refractivity contribution in [2.24, 2.45) is 0 Å². The number of hydrogen-bond acceptors (Lipinski definition) is 1. The highest BCUT2D eigenvalue weighted by atomic mass is 16.5. The molecule has 0 saturated carbocycles. The number of ether oxygens (including phenoxy) is 1. The first-order valence-corrected chi connectivity index (χ1v) is 7.75. The van der Waals surface area contributed by atoms with Gasteiger partial charge >= 0.3 is 0 Å². The molecule has 1 nitrogen and oxygen atoms in total. The van der Waals surface area contributed by atoms with Gasteiger partial charge in [-0.25, -0.2) is 0 Å². The quantitative estimate of drug-likeness (QED) is 0.585. The largest absolute Gasteiger partial charge is 0.493 e. The zero-order chi connectivity index (χ0) is 15.0. The van der Waals surface area contributed by atoms with Crippen LogP contribution in [0.4, 0.5) is 0 Å². The molecule has 1 aliphatic rings. The van der Waals surface area contributed by atoms with Crippen LogP contribution in [-0.4, -0.2) is 6.61 Å². The summed E-state index contributed by atoms with van der Waals surface area (Å²) in [6, 6.07) is 29.0. The van der Waals surface area contributed by atoms with E-state index in [0.717, 1.165) is 18.8 Å². The van der Waals surface area contributed by atoms with Crippen molar-refractivity contribution in [3.63, 3.8) is 0 Å². The number of rotatable bonds is 1. The third kappa shape index (κ3) is 3.76. The van der Waals surface area contributed by atoms with Crippen molar-refractivity contribution < 1.29 is 4.74 Å². The van der Waals surface area contributed by atoms with E-state index >= 15 is 0 Å². The van der Waals surface area contributed by atoms with Gasteiger partial charge in [0.25, 0.3) is 0 Å². The molecule has 0 aliphatic carbocycles. The van der Waals surface area contributed by atoms with Gasteiger partial charge in [0, 0.05) is 0 Å². The van der Waals surface area contributed by atoms with E-state index in [1.807, 2.05) is 24.3 Å². The summed E-state index contributed by atoms with van der Waals surface area (Å²) in [5.41, 5.74) is 3.91. The Hall–Kier alpha value is -2.54. The molecule has 1 heteroatoms. The van der Waals surface area contributed by atoms with E-state index < -0.39 is 0 Å². The number of fused-ring (bicyclic) bond motifs is 1. The lowest BCUT2D eigenvalue weighted by Crippen LogP contribution is -2.07. The van der Waals surface area contributed by atoms with Gasteiger partial charge in [0.15, 0.2) is 0 Å². The van der Waals surface area contributed by atoms with Crippen LogP contribution in [0, 0.1) is 0 Å². The number of hydrogen-bond donors (Lipinski definition) is 0. The Morgan fingerprint density at radius 3 is 1.73 bits per heavy atom. The SMILES string of the molecule is c1ccc(-c2ccccc2)cc1.c1ccc2c(c1)CCCO2.